The van der Waals surface area contributed by atoms with E-state index in [1.165, 1.54) is 6.07 Å². The molecule has 2 aromatic carbocycles. The Hall–Kier alpha value is -2.08. The molecule has 1 saturated heterocycles. The van der Waals surface area contributed by atoms with E-state index in [-0.39, 0.29) is 11.7 Å². The lowest BCUT2D eigenvalue weighted by atomic mass is 10.2. The second-order valence-electron chi connectivity index (χ2n) is 6.20. The average Bonchev–Trinajstić information content (AvgIpc) is 2.67. The highest BCUT2D eigenvalue weighted by atomic mass is 79.9. The van der Waals surface area contributed by atoms with Crippen LogP contribution in [0.5, 0.6) is 5.75 Å². The van der Waals surface area contributed by atoms with E-state index in [4.69, 9.17) is 4.74 Å². The number of anilines is 1. The summed E-state index contributed by atoms with van der Waals surface area (Å²) in [5.74, 6) is 0.712. The Labute approximate surface area is 161 Å². The van der Waals surface area contributed by atoms with Crippen LogP contribution in [0.3, 0.4) is 0 Å². The van der Waals surface area contributed by atoms with Crippen LogP contribution in [0.15, 0.2) is 53.0 Å². The number of carbonyl (C=O) groups excluding carboxylic acids is 1. The molecule has 1 aliphatic heterocycles. The van der Waals surface area contributed by atoms with E-state index in [1.54, 1.807) is 12.1 Å². The Balaban J connectivity index is 1.40. The summed E-state index contributed by atoms with van der Waals surface area (Å²) >= 11 is 3.44. The minimum Gasteiger partial charge on any atom is -0.492 e. The maximum atomic E-state index is 13.9. The molecule has 0 aromatic heterocycles. The summed E-state index contributed by atoms with van der Waals surface area (Å²) in [6.07, 6.45) is 1.14. The van der Waals surface area contributed by atoms with Gasteiger partial charge in [-0.15, -0.1) is 0 Å². The van der Waals surface area contributed by atoms with E-state index in [9.17, 15) is 9.18 Å². The zero-order chi connectivity index (χ0) is 18.4. The third kappa shape index (κ3) is 4.75. The largest absolute Gasteiger partial charge is 0.492 e. The van der Waals surface area contributed by atoms with E-state index >= 15 is 0 Å². The van der Waals surface area contributed by atoms with Crippen LogP contribution in [0, 0.1) is 5.82 Å². The molecule has 138 valence electrons. The smallest absolute Gasteiger partial charge is 0.222 e. The van der Waals surface area contributed by atoms with Gasteiger partial charge in [-0.1, -0.05) is 24.3 Å². The summed E-state index contributed by atoms with van der Waals surface area (Å²) in [5, 5.41) is 0. The van der Waals surface area contributed by atoms with Crippen molar-refractivity contribution in [2.75, 3.05) is 37.7 Å². The molecule has 1 amide bonds. The maximum Gasteiger partial charge on any atom is 0.222 e. The van der Waals surface area contributed by atoms with E-state index in [2.05, 4.69) is 15.9 Å². The fourth-order valence-electron chi connectivity index (χ4n) is 3.03. The molecule has 3 rings (SSSR count). The van der Waals surface area contributed by atoms with Crippen LogP contribution in [0.1, 0.15) is 12.8 Å². The molecule has 0 aliphatic carbocycles. The van der Waals surface area contributed by atoms with Gasteiger partial charge < -0.3 is 14.5 Å². The van der Waals surface area contributed by atoms with Crippen molar-refractivity contribution in [3.8, 4) is 5.75 Å². The monoisotopic (exact) mass is 420 g/mol. The summed E-state index contributed by atoms with van der Waals surface area (Å²) in [7, 11) is 0. The van der Waals surface area contributed by atoms with Gasteiger partial charge >= 0.3 is 0 Å². The van der Waals surface area contributed by atoms with Gasteiger partial charge in [-0.05, 0) is 46.6 Å². The Kier molecular flexibility index (Phi) is 6.50. The summed E-state index contributed by atoms with van der Waals surface area (Å²) in [4.78, 5) is 16.2. The number of para-hydroxylation sites is 2. The maximum absolute atomic E-state index is 13.9. The highest BCUT2D eigenvalue weighted by Gasteiger charge is 2.22. The number of ether oxygens (including phenoxy) is 1. The first kappa shape index (κ1) is 18.7. The number of rotatable bonds is 6. The lowest BCUT2D eigenvalue weighted by Crippen LogP contribution is -2.49. The van der Waals surface area contributed by atoms with E-state index in [0.29, 0.717) is 51.3 Å². The molecule has 26 heavy (non-hydrogen) atoms. The predicted molar refractivity (Wildman–Crippen MR) is 104 cm³/mol. The summed E-state index contributed by atoms with van der Waals surface area (Å²) in [6, 6.07) is 14.4. The van der Waals surface area contributed by atoms with Crippen LogP contribution in [-0.4, -0.2) is 43.6 Å². The second-order valence-corrected chi connectivity index (χ2v) is 7.06. The number of carbonyl (C=O) groups is 1. The van der Waals surface area contributed by atoms with Gasteiger partial charge in [0.2, 0.25) is 5.91 Å². The van der Waals surface area contributed by atoms with Gasteiger partial charge in [-0.3, -0.25) is 4.79 Å². The van der Waals surface area contributed by atoms with Gasteiger partial charge in [0.15, 0.2) is 0 Å². The van der Waals surface area contributed by atoms with E-state index in [1.807, 2.05) is 40.1 Å². The molecule has 0 saturated carbocycles. The zero-order valence-electron chi connectivity index (χ0n) is 14.5. The third-order valence-electron chi connectivity index (χ3n) is 4.45. The number of amides is 1. The Morgan fingerprint density at radius 3 is 2.46 bits per heavy atom. The van der Waals surface area contributed by atoms with Gasteiger partial charge in [-0.2, -0.15) is 0 Å². The fraction of sp³-hybridized carbons (Fsp3) is 0.350. The van der Waals surface area contributed by atoms with Crippen molar-refractivity contribution in [3.05, 3.63) is 58.8 Å². The number of hydrogen-bond donors (Lipinski definition) is 0. The summed E-state index contributed by atoms with van der Waals surface area (Å²) in [5.41, 5.74) is 0.612. The SMILES string of the molecule is O=C(CCCOc1ccccc1Br)N1CCN(c2ccccc2F)CC1. The molecule has 0 bridgehead atoms. The Morgan fingerprint density at radius 1 is 1.04 bits per heavy atom. The molecule has 0 N–H and O–H groups in total. The van der Waals surface area contributed by atoms with Crippen LogP contribution in [0.2, 0.25) is 0 Å². The van der Waals surface area contributed by atoms with Crippen LogP contribution in [0.25, 0.3) is 0 Å². The Morgan fingerprint density at radius 2 is 1.73 bits per heavy atom. The first-order valence-electron chi connectivity index (χ1n) is 8.80. The number of hydrogen-bond acceptors (Lipinski definition) is 3. The first-order valence-corrected chi connectivity index (χ1v) is 9.59. The van der Waals surface area contributed by atoms with Crippen molar-refractivity contribution in [3.63, 3.8) is 0 Å². The van der Waals surface area contributed by atoms with Crippen molar-refractivity contribution in [2.24, 2.45) is 0 Å². The van der Waals surface area contributed by atoms with Crippen LogP contribution in [0.4, 0.5) is 10.1 Å². The van der Waals surface area contributed by atoms with Crippen molar-refractivity contribution in [1.82, 2.24) is 4.90 Å². The average molecular weight is 421 g/mol. The highest BCUT2D eigenvalue weighted by molar-refractivity contribution is 9.10. The molecular formula is C20H22BrFN2O2. The number of benzene rings is 2. The summed E-state index contributed by atoms with van der Waals surface area (Å²) in [6.45, 7) is 3.06. The first-order chi connectivity index (χ1) is 12.6. The van der Waals surface area contributed by atoms with E-state index in [0.717, 1.165) is 10.2 Å². The van der Waals surface area contributed by atoms with Crippen molar-refractivity contribution >= 4 is 27.5 Å². The molecule has 2 aromatic rings. The van der Waals surface area contributed by atoms with Gasteiger partial charge in [-0.25, -0.2) is 4.39 Å². The quantitative estimate of drug-likeness (QED) is 0.659. The van der Waals surface area contributed by atoms with Crippen LogP contribution < -0.4 is 9.64 Å². The van der Waals surface area contributed by atoms with Crippen molar-refractivity contribution in [2.45, 2.75) is 12.8 Å². The highest BCUT2D eigenvalue weighted by Crippen LogP contribution is 2.24. The van der Waals surface area contributed by atoms with E-state index < -0.39 is 0 Å². The normalized spacial score (nSPS) is 14.4. The number of halogens is 2. The molecule has 1 heterocycles. The molecular weight excluding hydrogens is 399 g/mol. The molecule has 0 atom stereocenters. The minimum atomic E-state index is -0.212. The van der Waals surface area contributed by atoms with Crippen LogP contribution >= 0.6 is 15.9 Å². The lowest BCUT2D eigenvalue weighted by molar-refractivity contribution is -0.131. The van der Waals surface area contributed by atoms with Crippen LogP contribution in [-0.2, 0) is 4.79 Å². The lowest BCUT2D eigenvalue weighted by Gasteiger charge is -2.36. The minimum absolute atomic E-state index is 0.133. The zero-order valence-corrected chi connectivity index (χ0v) is 16.1. The predicted octanol–water partition coefficient (Wildman–Crippen LogP) is 4.10. The summed E-state index contributed by atoms with van der Waals surface area (Å²) < 4.78 is 20.5. The number of nitrogens with zero attached hydrogens (tertiary/aromatic N) is 2. The van der Waals surface area contributed by atoms with Crippen molar-refractivity contribution in [1.29, 1.82) is 0 Å². The van der Waals surface area contributed by atoms with Gasteiger partial charge in [0.25, 0.3) is 0 Å². The van der Waals surface area contributed by atoms with Gasteiger partial charge in [0.1, 0.15) is 11.6 Å². The third-order valence-corrected chi connectivity index (χ3v) is 5.11. The molecule has 0 unspecified atom stereocenters. The molecule has 1 aliphatic rings. The van der Waals surface area contributed by atoms with Gasteiger partial charge in [0.05, 0.1) is 16.8 Å². The fourth-order valence-corrected chi connectivity index (χ4v) is 3.43. The molecule has 4 nitrogen and oxygen atoms in total. The number of piperazine rings is 1. The molecule has 6 heteroatoms. The molecule has 0 radical (unpaired) electrons. The topological polar surface area (TPSA) is 32.8 Å². The van der Waals surface area contributed by atoms with Crippen molar-refractivity contribution < 1.29 is 13.9 Å². The second kappa shape index (κ2) is 9.03. The standard InChI is InChI=1S/C20H22BrFN2O2/c21-16-6-1-4-9-19(16)26-15-5-10-20(25)24-13-11-23(12-14-24)18-8-3-2-7-17(18)22/h1-4,6-9H,5,10-15H2. The molecule has 0 spiro atoms. The Bertz CT molecular complexity index is 748. The molecule has 1 fully saturated rings. The van der Waals surface area contributed by atoms with Gasteiger partial charge in [0, 0.05) is 32.6 Å².